The SMILES string of the molecule is CCc1ccc2c(c1)C(C=O)c1cc(F)ccc1-2. The maximum atomic E-state index is 13.3. The molecule has 2 aromatic carbocycles. The second-order valence-electron chi connectivity index (χ2n) is 4.62. The fourth-order valence-corrected chi connectivity index (χ4v) is 2.69. The van der Waals surface area contributed by atoms with Crippen LogP contribution in [-0.4, -0.2) is 6.29 Å². The van der Waals surface area contributed by atoms with E-state index in [1.54, 1.807) is 6.07 Å². The minimum absolute atomic E-state index is 0.288. The molecule has 2 heteroatoms. The standard InChI is InChI=1S/C16H13FO/c1-2-10-3-5-12-13-6-4-11(17)8-15(13)16(9-18)14(12)7-10/h3-9,16H,2H2,1H3. The molecule has 0 heterocycles. The van der Waals surface area contributed by atoms with Crippen molar-refractivity contribution < 1.29 is 9.18 Å². The van der Waals surface area contributed by atoms with Crippen molar-refractivity contribution in [2.24, 2.45) is 0 Å². The van der Waals surface area contributed by atoms with Crippen LogP contribution in [0.3, 0.4) is 0 Å². The summed E-state index contributed by atoms with van der Waals surface area (Å²) in [5.74, 6) is -0.610. The van der Waals surface area contributed by atoms with Crippen molar-refractivity contribution in [3.05, 3.63) is 58.9 Å². The molecule has 0 amide bonds. The normalized spacial score (nSPS) is 16.2. The van der Waals surface area contributed by atoms with E-state index in [2.05, 4.69) is 19.1 Å². The molecule has 1 aliphatic rings. The molecule has 3 rings (SSSR count). The van der Waals surface area contributed by atoms with Crippen LogP contribution in [0.5, 0.6) is 0 Å². The van der Waals surface area contributed by atoms with Gasteiger partial charge in [0.15, 0.2) is 0 Å². The number of aryl methyl sites for hydroxylation is 1. The summed E-state index contributed by atoms with van der Waals surface area (Å²) in [6, 6.07) is 10.8. The van der Waals surface area contributed by atoms with Gasteiger partial charge in [-0.2, -0.15) is 0 Å². The number of rotatable bonds is 2. The van der Waals surface area contributed by atoms with Crippen LogP contribution >= 0.6 is 0 Å². The van der Waals surface area contributed by atoms with Gasteiger partial charge in [-0.05, 0) is 46.4 Å². The van der Waals surface area contributed by atoms with Gasteiger partial charge in [0, 0.05) is 0 Å². The molecule has 0 fully saturated rings. The van der Waals surface area contributed by atoms with Crippen molar-refractivity contribution in [2.45, 2.75) is 19.3 Å². The minimum atomic E-state index is -0.322. The first-order valence-corrected chi connectivity index (χ1v) is 6.12. The smallest absolute Gasteiger partial charge is 0.131 e. The lowest BCUT2D eigenvalue weighted by atomic mass is 9.97. The van der Waals surface area contributed by atoms with Crippen LogP contribution in [0.4, 0.5) is 4.39 Å². The molecule has 1 aliphatic carbocycles. The van der Waals surface area contributed by atoms with Gasteiger partial charge in [-0.15, -0.1) is 0 Å². The third-order valence-electron chi connectivity index (χ3n) is 3.63. The molecule has 0 saturated heterocycles. The largest absolute Gasteiger partial charge is 0.302 e. The van der Waals surface area contributed by atoms with E-state index in [1.807, 2.05) is 6.07 Å². The van der Waals surface area contributed by atoms with Gasteiger partial charge >= 0.3 is 0 Å². The molecule has 90 valence electrons. The Morgan fingerprint density at radius 3 is 2.44 bits per heavy atom. The Hall–Kier alpha value is -1.96. The lowest BCUT2D eigenvalue weighted by molar-refractivity contribution is -0.108. The van der Waals surface area contributed by atoms with Crippen molar-refractivity contribution in [3.8, 4) is 11.1 Å². The summed E-state index contributed by atoms with van der Waals surface area (Å²) in [5, 5.41) is 0. The third-order valence-corrected chi connectivity index (χ3v) is 3.63. The van der Waals surface area contributed by atoms with Crippen molar-refractivity contribution in [1.29, 1.82) is 0 Å². The fraction of sp³-hybridized carbons (Fsp3) is 0.188. The van der Waals surface area contributed by atoms with Gasteiger partial charge in [0.05, 0.1) is 5.92 Å². The second kappa shape index (κ2) is 4.05. The summed E-state index contributed by atoms with van der Waals surface area (Å²) >= 11 is 0. The Bertz CT molecular complexity index is 631. The Morgan fingerprint density at radius 2 is 1.78 bits per heavy atom. The maximum absolute atomic E-state index is 13.3. The van der Waals surface area contributed by atoms with E-state index in [1.165, 1.54) is 17.7 Å². The van der Waals surface area contributed by atoms with E-state index in [4.69, 9.17) is 0 Å². The van der Waals surface area contributed by atoms with Crippen LogP contribution in [0.2, 0.25) is 0 Å². The van der Waals surface area contributed by atoms with Crippen LogP contribution in [0.25, 0.3) is 11.1 Å². The molecule has 1 atom stereocenters. The fourth-order valence-electron chi connectivity index (χ4n) is 2.69. The first-order valence-electron chi connectivity index (χ1n) is 6.12. The van der Waals surface area contributed by atoms with Gasteiger partial charge in [-0.3, -0.25) is 0 Å². The number of hydrogen-bond donors (Lipinski definition) is 0. The van der Waals surface area contributed by atoms with E-state index in [0.29, 0.717) is 0 Å². The summed E-state index contributed by atoms with van der Waals surface area (Å²) in [6.45, 7) is 2.08. The topological polar surface area (TPSA) is 17.1 Å². The van der Waals surface area contributed by atoms with Gasteiger partial charge in [0.2, 0.25) is 0 Å². The monoisotopic (exact) mass is 240 g/mol. The van der Waals surface area contributed by atoms with Crippen molar-refractivity contribution in [2.75, 3.05) is 0 Å². The highest BCUT2D eigenvalue weighted by Gasteiger charge is 2.28. The quantitative estimate of drug-likeness (QED) is 0.731. The Labute approximate surface area is 105 Å². The third kappa shape index (κ3) is 1.49. The molecule has 1 nitrogen and oxygen atoms in total. The predicted molar refractivity (Wildman–Crippen MR) is 69.1 cm³/mol. The van der Waals surface area contributed by atoms with Gasteiger partial charge in [0.25, 0.3) is 0 Å². The molecule has 0 N–H and O–H groups in total. The van der Waals surface area contributed by atoms with Crippen LogP contribution in [0.1, 0.15) is 29.5 Å². The molecule has 2 aromatic rings. The number of aldehydes is 1. The predicted octanol–water partition coefficient (Wildman–Crippen LogP) is 3.70. The number of carbonyl (C=O) groups is 1. The van der Waals surface area contributed by atoms with Gasteiger partial charge < -0.3 is 4.79 Å². The lowest BCUT2D eigenvalue weighted by Gasteiger charge is -2.06. The van der Waals surface area contributed by atoms with E-state index in [-0.39, 0.29) is 11.7 Å². The van der Waals surface area contributed by atoms with E-state index in [9.17, 15) is 9.18 Å². The Balaban J connectivity index is 2.26. The Kier molecular flexibility index (Phi) is 2.51. The average molecular weight is 240 g/mol. The van der Waals surface area contributed by atoms with Crippen LogP contribution in [-0.2, 0) is 11.2 Å². The second-order valence-corrected chi connectivity index (χ2v) is 4.62. The van der Waals surface area contributed by atoms with Crippen LogP contribution < -0.4 is 0 Å². The number of carbonyl (C=O) groups excluding carboxylic acids is 1. The zero-order valence-electron chi connectivity index (χ0n) is 10.1. The molecular formula is C16H13FO. The first kappa shape index (κ1) is 11.1. The van der Waals surface area contributed by atoms with Crippen LogP contribution in [0.15, 0.2) is 36.4 Å². The van der Waals surface area contributed by atoms with Gasteiger partial charge in [-0.25, -0.2) is 4.39 Å². The highest BCUT2D eigenvalue weighted by Crippen LogP contribution is 2.44. The molecule has 0 aliphatic heterocycles. The number of hydrogen-bond acceptors (Lipinski definition) is 1. The Morgan fingerprint density at radius 1 is 1.11 bits per heavy atom. The molecule has 1 unspecified atom stereocenters. The minimum Gasteiger partial charge on any atom is -0.302 e. The van der Waals surface area contributed by atoms with Crippen molar-refractivity contribution in [1.82, 2.24) is 0 Å². The van der Waals surface area contributed by atoms with E-state index >= 15 is 0 Å². The molecule has 0 saturated carbocycles. The average Bonchev–Trinajstić information content (AvgIpc) is 2.70. The highest BCUT2D eigenvalue weighted by molar-refractivity contribution is 5.87. The van der Waals surface area contributed by atoms with Gasteiger partial charge in [0.1, 0.15) is 12.1 Å². The highest BCUT2D eigenvalue weighted by atomic mass is 19.1. The zero-order valence-corrected chi connectivity index (χ0v) is 10.1. The molecule has 0 spiro atoms. The van der Waals surface area contributed by atoms with E-state index < -0.39 is 0 Å². The van der Waals surface area contributed by atoms with Crippen molar-refractivity contribution >= 4 is 6.29 Å². The number of fused-ring (bicyclic) bond motifs is 3. The number of halogens is 1. The zero-order chi connectivity index (χ0) is 12.7. The van der Waals surface area contributed by atoms with Crippen molar-refractivity contribution in [3.63, 3.8) is 0 Å². The maximum Gasteiger partial charge on any atom is 0.131 e. The first-order chi connectivity index (χ1) is 8.74. The summed E-state index contributed by atoms with van der Waals surface area (Å²) in [4.78, 5) is 11.3. The molecule has 0 aromatic heterocycles. The molecule has 0 radical (unpaired) electrons. The summed E-state index contributed by atoms with van der Waals surface area (Å²) in [6.07, 6.45) is 1.84. The summed E-state index contributed by atoms with van der Waals surface area (Å²) < 4.78 is 13.3. The number of benzene rings is 2. The van der Waals surface area contributed by atoms with Crippen LogP contribution in [0, 0.1) is 5.82 Å². The van der Waals surface area contributed by atoms with E-state index in [0.717, 1.165) is 35.0 Å². The molecule has 18 heavy (non-hydrogen) atoms. The van der Waals surface area contributed by atoms with Gasteiger partial charge in [-0.1, -0.05) is 31.2 Å². The molecular weight excluding hydrogens is 227 g/mol. The summed E-state index contributed by atoms with van der Waals surface area (Å²) in [7, 11) is 0. The lowest BCUT2D eigenvalue weighted by Crippen LogP contribution is -1.98. The molecule has 0 bridgehead atoms. The summed E-state index contributed by atoms with van der Waals surface area (Å²) in [5.41, 5.74) is 5.03.